The number of rotatable bonds is 3. The fourth-order valence-electron chi connectivity index (χ4n) is 1.19. The molecule has 0 fully saturated rings. The van der Waals surface area contributed by atoms with E-state index >= 15 is 0 Å². The van der Waals surface area contributed by atoms with E-state index in [0.29, 0.717) is 0 Å². The SMILES string of the molecule is C[C@@H](NC(=O)OC(C)(C)C)c1nc(/C=C\Br)cs1. The van der Waals surface area contributed by atoms with Gasteiger partial charge in [-0.15, -0.1) is 11.3 Å². The van der Waals surface area contributed by atoms with Crippen LogP contribution in [0.2, 0.25) is 0 Å². The molecule has 0 aromatic carbocycles. The minimum atomic E-state index is -0.490. The maximum Gasteiger partial charge on any atom is 0.408 e. The molecule has 0 saturated heterocycles. The molecule has 0 aliphatic heterocycles. The molecule has 1 atom stereocenters. The Balaban J connectivity index is 2.59. The average Bonchev–Trinajstić information content (AvgIpc) is 2.63. The zero-order chi connectivity index (χ0) is 13.8. The van der Waals surface area contributed by atoms with E-state index in [0.717, 1.165) is 10.7 Å². The number of nitrogens with zero attached hydrogens (tertiary/aromatic N) is 1. The highest BCUT2D eigenvalue weighted by Gasteiger charge is 2.19. The van der Waals surface area contributed by atoms with Crippen LogP contribution in [-0.2, 0) is 4.74 Å². The van der Waals surface area contributed by atoms with E-state index in [1.54, 1.807) is 4.99 Å². The number of carbonyl (C=O) groups excluding carboxylic acids is 1. The van der Waals surface area contributed by atoms with Gasteiger partial charge in [-0.3, -0.25) is 0 Å². The first-order chi connectivity index (χ1) is 8.31. The van der Waals surface area contributed by atoms with Crippen molar-refractivity contribution < 1.29 is 9.53 Å². The summed E-state index contributed by atoms with van der Waals surface area (Å²) < 4.78 is 5.19. The Kier molecular flexibility index (Phi) is 5.34. The number of halogens is 1. The number of thiazole rings is 1. The molecule has 1 N–H and O–H groups in total. The molecular weight excluding hydrogens is 316 g/mol. The van der Waals surface area contributed by atoms with Crippen molar-refractivity contribution >= 4 is 39.4 Å². The van der Waals surface area contributed by atoms with Crippen LogP contribution in [0.5, 0.6) is 0 Å². The highest BCUT2D eigenvalue weighted by atomic mass is 79.9. The van der Waals surface area contributed by atoms with Crippen LogP contribution in [0.4, 0.5) is 4.79 Å². The maximum absolute atomic E-state index is 11.6. The van der Waals surface area contributed by atoms with Crippen LogP contribution in [-0.4, -0.2) is 16.7 Å². The summed E-state index contributed by atoms with van der Waals surface area (Å²) in [5.41, 5.74) is 0.376. The third-order valence-electron chi connectivity index (χ3n) is 1.88. The van der Waals surface area contributed by atoms with Crippen molar-refractivity contribution in [1.82, 2.24) is 10.3 Å². The van der Waals surface area contributed by atoms with E-state index in [-0.39, 0.29) is 6.04 Å². The molecule has 0 spiro atoms. The third kappa shape index (κ3) is 5.18. The predicted octanol–water partition coefficient (Wildman–Crippen LogP) is 4.09. The van der Waals surface area contributed by atoms with Crippen molar-refractivity contribution in [3.8, 4) is 0 Å². The zero-order valence-electron chi connectivity index (χ0n) is 10.9. The zero-order valence-corrected chi connectivity index (χ0v) is 13.3. The summed E-state index contributed by atoms with van der Waals surface area (Å²) in [7, 11) is 0. The normalized spacial score (nSPS) is 13.6. The molecule has 100 valence electrons. The van der Waals surface area contributed by atoms with Crippen molar-refractivity contribution in [2.75, 3.05) is 0 Å². The van der Waals surface area contributed by atoms with Crippen molar-refractivity contribution in [3.05, 3.63) is 21.1 Å². The summed E-state index contributed by atoms with van der Waals surface area (Å²) in [4.78, 5) is 17.7. The monoisotopic (exact) mass is 332 g/mol. The van der Waals surface area contributed by atoms with Crippen LogP contribution in [0.3, 0.4) is 0 Å². The Morgan fingerprint density at radius 2 is 2.28 bits per heavy atom. The van der Waals surface area contributed by atoms with Crippen LogP contribution in [0.15, 0.2) is 10.4 Å². The average molecular weight is 333 g/mol. The van der Waals surface area contributed by atoms with Gasteiger partial charge >= 0.3 is 6.09 Å². The van der Waals surface area contributed by atoms with Gasteiger partial charge in [0, 0.05) is 5.38 Å². The van der Waals surface area contributed by atoms with Gasteiger partial charge in [0.2, 0.25) is 0 Å². The standard InChI is InChI=1S/C12H17BrN2O2S/c1-8(14-11(16)17-12(2,3)4)10-15-9(5-6-13)7-18-10/h5-8H,1-4H3,(H,14,16)/b6-5-/t8-/m1/s1. The van der Waals surface area contributed by atoms with E-state index in [2.05, 4.69) is 26.2 Å². The Bertz CT molecular complexity index is 438. The van der Waals surface area contributed by atoms with Crippen molar-refractivity contribution in [2.45, 2.75) is 39.3 Å². The van der Waals surface area contributed by atoms with Gasteiger partial charge in [0.1, 0.15) is 10.6 Å². The van der Waals surface area contributed by atoms with Gasteiger partial charge in [-0.05, 0) is 38.8 Å². The van der Waals surface area contributed by atoms with Crippen LogP contribution >= 0.6 is 27.3 Å². The molecule has 6 heteroatoms. The van der Waals surface area contributed by atoms with Gasteiger partial charge in [-0.2, -0.15) is 0 Å². The van der Waals surface area contributed by atoms with Crippen molar-refractivity contribution in [2.24, 2.45) is 0 Å². The van der Waals surface area contributed by atoms with Crippen LogP contribution in [0, 0.1) is 0 Å². The number of hydrogen-bond donors (Lipinski definition) is 1. The van der Waals surface area contributed by atoms with Gasteiger partial charge in [0.05, 0.1) is 11.7 Å². The minimum Gasteiger partial charge on any atom is -0.444 e. The summed E-state index contributed by atoms with van der Waals surface area (Å²) in [5.74, 6) is 0. The van der Waals surface area contributed by atoms with Gasteiger partial charge in [0.25, 0.3) is 0 Å². The Labute approximate surface area is 120 Å². The van der Waals surface area contributed by atoms with Crippen LogP contribution < -0.4 is 5.32 Å². The molecule has 1 aromatic rings. The summed E-state index contributed by atoms with van der Waals surface area (Å²) in [6, 6.07) is -0.165. The number of ether oxygens (including phenoxy) is 1. The molecular formula is C12H17BrN2O2S. The molecule has 1 heterocycles. The summed E-state index contributed by atoms with van der Waals surface area (Å²) in [5, 5.41) is 5.54. The summed E-state index contributed by atoms with van der Waals surface area (Å²) >= 11 is 4.70. The van der Waals surface area contributed by atoms with E-state index in [9.17, 15) is 4.79 Å². The van der Waals surface area contributed by atoms with Crippen molar-refractivity contribution in [1.29, 1.82) is 0 Å². The smallest absolute Gasteiger partial charge is 0.408 e. The first kappa shape index (κ1) is 15.2. The number of carbonyl (C=O) groups is 1. The lowest BCUT2D eigenvalue weighted by molar-refractivity contribution is 0.0508. The number of aromatic nitrogens is 1. The molecule has 0 unspecified atom stereocenters. The quantitative estimate of drug-likeness (QED) is 0.906. The molecule has 4 nitrogen and oxygen atoms in total. The maximum atomic E-state index is 11.6. The molecule has 1 amide bonds. The van der Waals surface area contributed by atoms with E-state index in [1.807, 2.05) is 39.2 Å². The highest BCUT2D eigenvalue weighted by Crippen LogP contribution is 2.19. The number of hydrogen-bond acceptors (Lipinski definition) is 4. The number of nitrogens with one attached hydrogen (secondary N) is 1. The summed E-state index contributed by atoms with van der Waals surface area (Å²) in [6.45, 7) is 7.38. The first-order valence-electron chi connectivity index (χ1n) is 5.53. The fourth-order valence-corrected chi connectivity index (χ4v) is 2.25. The molecule has 1 aromatic heterocycles. The molecule has 0 radical (unpaired) electrons. The first-order valence-corrected chi connectivity index (χ1v) is 7.33. The van der Waals surface area contributed by atoms with Crippen molar-refractivity contribution in [3.63, 3.8) is 0 Å². The molecule has 1 rings (SSSR count). The second kappa shape index (κ2) is 6.33. The molecule has 0 bridgehead atoms. The molecule has 0 aliphatic carbocycles. The lowest BCUT2D eigenvalue weighted by Gasteiger charge is -2.21. The second-order valence-corrected chi connectivity index (χ2v) is 6.19. The third-order valence-corrected chi connectivity index (χ3v) is 3.19. The number of alkyl carbamates (subject to hydrolysis) is 1. The van der Waals surface area contributed by atoms with Gasteiger partial charge in [-0.1, -0.05) is 15.9 Å². The van der Waals surface area contributed by atoms with E-state index in [4.69, 9.17) is 4.74 Å². The van der Waals surface area contributed by atoms with E-state index in [1.165, 1.54) is 11.3 Å². The highest BCUT2D eigenvalue weighted by molar-refractivity contribution is 9.11. The summed E-state index contributed by atoms with van der Waals surface area (Å²) in [6.07, 6.45) is 1.42. The van der Waals surface area contributed by atoms with Gasteiger partial charge in [0.15, 0.2) is 0 Å². The second-order valence-electron chi connectivity index (χ2n) is 4.77. The molecule has 0 saturated carbocycles. The van der Waals surface area contributed by atoms with Gasteiger partial charge in [-0.25, -0.2) is 9.78 Å². The van der Waals surface area contributed by atoms with Gasteiger partial charge < -0.3 is 10.1 Å². The Hall–Kier alpha value is -0.880. The fraction of sp³-hybridized carbons (Fsp3) is 0.500. The minimum absolute atomic E-state index is 0.165. The van der Waals surface area contributed by atoms with Crippen LogP contribution in [0.25, 0.3) is 6.08 Å². The predicted molar refractivity (Wildman–Crippen MR) is 77.9 cm³/mol. The molecule has 0 aliphatic rings. The van der Waals surface area contributed by atoms with Crippen LogP contribution in [0.1, 0.15) is 44.4 Å². The lowest BCUT2D eigenvalue weighted by Crippen LogP contribution is -2.34. The largest absolute Gasteiger partial charge is 0.444 e. The molecule has 18 heavy (non-hydrogen) atoms. The lowest BCUT2D eigenvalue weighted by atomic mass is 10.2. The Morgan fingerprint density at radius 3 is 2.83 bits per heavy atom. The Morgan fingerprint density at radius 1 is 1.61 bits per heavy atom. The number of amides is 1. The van der Waals surface area contributed by atoms with E-state index < -0.39 is 11.7 Å². The topological polar surface area (TPSA) is 51.2 Å².